The zero-order valence-corrected chi connectivity index (χ0v) is 20.2. The Morgan fingerprint density at radius 1 is 0.700 bits per heavy atom. The maximum absolute atomic E-state index is 13.2. The molecule has 6 rings (SSSR count). The van der Waals surface area contributed by atoms with E-state index in [4.69, 9.17) is 4.74 Å². The number of esters is 2. The molecule has 194 valence electrons. The number of nitro groups is 1. The van der Waals surface area contributed by atoms with Crippen LogP contribution in [0.15, 0.2) is 84.9 Å². The zero-order chi connectivity index (χ0) is 28.1. The first-order valence-corrected chi connectivity index (χ1v) is 11.7. The summed E-state index contributed by atoms with van der Waals surface area (Å²) in [4.78, 5) is 74.0. The van der Waals surface area contributed by atoms with Crippen LogP contribution < -0.4 is 9.64 Å². The van der Waals surface area contributed by atoms with E-state index in [1.807, 2.05) is 0 Å². The lowest BCUT2D eigenvalue weighted by atomic mass is 9.99. The van der Waals surface area contributed by atoms with Gasteiger partial charge in [0.1, 0.15) is 11.5 Å². The van der Waals surface area contributed by atoms with Gasteiger partial charge >= 0.3 is 11.9 Å². The molecule has 2 amide bonds. The van der Waals surface area contributed by atoms with Gasteiger partial charge in [-0.15, -0.1) is 0 Å². The molecule has 11 nitrogen and oxygen atoms in total. The van der Waals surface area contributed by atoms with E-state index in [0.717, 1.165) is 11.0 Å². The van der Waals surface area contributed by atoms with E-state index in [0.29, 0.717) is 5.75 Å². The Morgan fingerprint density at radius 2 is 1.35 bits per heavy atom. The fourth-order valence-corrected chi connectivity index (χ4v) is 4.47. The first-order valence-electron chi connectivity index (χ1n) is 11.7. The van der Waals surface area contributed by atoms with E-state index in [1.54, 1.807) is 0 Å². The Bertz CT molecular complexity index is 1830. The number of carbonyl (C=O) groups is 5. The number of fused-ring (bicyclic) bond motifs is 2. The minimum absolute atomic E-state index is 0.0289. The number of carbonyl (C=O) groups excluding carboxylic acids is 5. The third-order valence-corrected chi connectivity index (χ3v) is 6.41. The van der Waals surface area contributed by atoms with Crippen LogP contribution >= 0.6 is 0 Å². The first-order chi connectivity index (χ1) is 19.2. The number of non-ortho nitro benzene ring substituents is 1. The van der Waals surface area contributed by atoms with Gasteiger partial charge in [0.05, 0.1) is 32.9 Å². The van der Waals surface area contributed by atoms with Gasteiger partial charge in [-0.1, -0.05) is 18.2 Å². The van der Waals surface area contributed by atoms with Crippen LogP contribution in [0.25, 0.3) is 0 Å². The van der Waals surface area contributed by atoms with Crippen molar-refractivity contribution in [2.45, 2.75) is 0 Å². The molecule has 11 heteroatoms. The molecule has 0 spiro atoms. The predicted octanol–water partition coefficient (Wildman–Crippen LogP) is 4.73. The van der Waals surface area contributed by atoms with Crippen LogP contribution in [0.3, 0.4) is 0 Å². The Balaban J connectivity index is 1.22. The molecule has 2 aliphatic heterocycles. The Hall–Kier alpha value is -5.97. The summed E-state index contributed by atoms with van der Waals surface area (Å²) in [6, 6.07) is 19.6. The van der Waals surface area contributed by atoms with Crippen molar-refractivity contribution < 1.29 is 38.4 Å². The topological polar surface area (TPSA) is 150 Å². The van der Waals surface area contributed by atoms with E-state index in [1.165, 1.54) is 78.9 Å². The van der Waals surface area contributed by atoms with Gasteiger partial charge in [-0.2, -0.15) is 0 Å². The van der Waals surface area contributed by atoms with Gasteiger partial charge in [0, 0.05) is 23.3 Å². The van der Waals surface area contributed by atoms with Gasteiger partial charge in [-0.25, -0.2) is 14.5 Å². The van der Waals surface area contributed by atoms with Gasteiger partial charge in [0.2, 0.25) is 0 Å². The molecule has 0 atom stereocenters. The number of cyclic esters (lactones) is 2. The van der Waals surface area contributed by atoms with Gasteiger partial charge < -0.3 is 9.47 Å². The standard InChI is InChI=1S/C29H14N2O9/c32-25(15-2-1-3-18(12-15)31(37)38)16-4-10-21-23(13-16)27(34)30(26(21)33)17-5-7-19(8-6-17)39-20-9-11-22-24(14-20)29(36)40-28(22)35/h1-14H. The highest BCUT2D eigenvalue weighted by molar-refractivity contribution is 6.35. The number of rotatable bonds is 6. The molecule has 0 aromatic heterocycles. The number of anilines is 1. The smallest absolute Gasteiger partial charge is 0.347 e. The lowest BCUT2D eigenvalue weighted by molar-refractivity contribution is -0.384. The van der Waals surface area contributed by atoms with E-state index in [-0.39, 0.29) is 50.5 Å². The Morgan fingerprint density at radius 3 is 2.10 bits per heavy atom. The highest BCUT2D eigenvalue weighted by Crippen LogP contribution is 2.33. The summed E-state index contributed by atoms with van der Waals surface area (Å²) in [6.07, 6.45) is 0. The van der Waals surface area contributed by atoms with Gasteiger partial charge in [0.25, 0.3) is 17.5 Å². The number of nitrogens with zero attached hydrogens (tertiary/aromatic N) is 2. The molecule has 0 radical (unpaired) electrons. The van der Waals surface area contributed by atoms with Crippen LogP contribution in [0, 0.1) is 10.1 Å². The molecule has 0 fully saturated rings. The fourth-order valence-electron chi connectivity index (χ4n) is 4.47. The van der Waals surface area contributed by atoms with Crippen molar-refractivity contribution in [3.05, 3.63) is 128 Å². The molecular formula is C29H14N2O9. The van der Waals surface area contributed by atoms with Crippen molar-refractivity contribution in [1.82, 2.24) is 0 Å². The number of amides is 2. The molecule has 2 aliphatic rings. The van der Waals surface area contributed by atoms with Crippen LogP contribution in [-0.4, -0.2) is 34.5 Å². The Labute approximate surface area is 224 Å². The van der Waals surface area contributed by atoms with Crippen LogP contribution in [-0.2, 0) is 4.74 Å². The van der Waals surface area contributed by atoms with Crippen molar-refractivity contribution in [2.75, 3.05) is 4.90 Å². The van der Waals surface area contributed by atoms with Crippen molar-refractivity contribution in [1.29, 1.82) is 0 Å². The lowest BCUT2D eigenvalue weighted by Gasteiger charge is -2.14. The third kappa shape index (κ3) is 3.98. The molecule has 0 bridgehead atoms. The minimum atomic E-state index is -0.763. The largest absolute Gasteiger partial charge is 0.457 e. The summed E-state index contributed by atoms with van der Waals surface area (Å²) < 4.78 is 10.3. The van der Waals surface area contributed by atoms with Crippen molar-refractivity contribution in [3.63, 3.8) is 0 Å². The van der Waals surface area contributed by atoms with Crippen LogP contribution in [0.4, 0.5) is 11.4 Å². The number of hydrogen-bond acceptors (Lipinski definition) is 9. The quantitative estimate of drug-likeness (QED) is 0.0854. The van der Waals surface area contributed by atoms with Crippen molar-refractivity contribution in [3.8, 4) is 11.5 Å². The van der Waals surface area contributed by atoms with E-state index >= 15 is 0 Å². The molecule has 0 N–H and O–H groups in total. The summed E-state index contributed by atoms with van der Waals surface area (Å²) >= 11 is 0. The van der Waals surface area contributed by atoms with Crippen molar-refractivity contribution >= 4 is 40.9 Å². The average molecular weight is 534 g/mol. The number of ketones is 1. The zero-order valence-electron chi connectivity index (χ0n) is 20.2. The van der Waals surface area contributed by atoms with Crippen LogP contribution in [0.5, 0.6) is 11.5 Å². The molecule has 0 aliphatic carbocycles. The summed E-state index contributed by atoms with van der Waals surface area (Å²) in [5, 5.41) is 11.1. The highest BCUT2D eigenvalue weighted by Gasteiger charge is 2.37. The second-order valence-electron chi connectivity index (χ2n) is 8.82. The van der Waals surface area contributed by atoms with E-state index in [2.05, 4.69) is 4.74 Å². The maximum atomic E-state index is 13.2. The highest BCUT2D eigenvalue weighted by atomic mass is 16.6. The summed E-state index contributed by atoms with van der Waals surface area (Å²) in [5.41, 5.74) is 0.568. The minimum Gasteiger partial charge on any atom is -0.457 e. The normalized spacial score (nSPS) is 13.7. The second kappa shape index (κ2) is 9.10. The number of imide groups is 1. The molecule has 4 aromatic carbocycles. The van der Waals surface area contributed by atoms with Crippen molar-refractivity contribution in [2.24, 2.45) is 0 Å². The first kappa shape index (κ1) is 24.4. The van der Waals surface area contributed by atoms with E-state index < -0.39 is 34.5 Å². The monoisotopic (exact) mass is 534 g/mol. The summed E-state index contributed by atoms with van der Waals surface area (Å²) in [7, 11) is 0. The van der Waals surface area contributed by atoms with Gasteiger partial charge in [-0.05, 0) is 54.6 Å². The van der Waals surface area contributed by atoms with Gasteiger partial charge in [-0.3, -0.25) is 24.5 Å². The third-order valence-electron chi connectivity index (χ3n) is 6.41. The number of hydrogen-bond donors (Lipinski definition) is 0. The molecule has 0 unspecified atom stereocenters. The molecule has 4 aromatic rings. The number of nitro benzene ring substituents is 1. The molecule has 0 saturated heterocycles. The summed E-state index contributed by atoms with van der Waals surface area (Å²) in [5.74, 6) is -2.62. The van der Waals surface area contributed by atoms with Gasteiger partial charge in [0.15, 0.2) is 5.78 Å². The van der Waals surface area contributed by atoms with Crippen LogP contribution in [0.1, 0.15) is 57.4 Å². The number of ether oxygens (including phenoxy) is 2. The second-order valence-corrected chi connectivity index (χ2v) is 8.82. The predicted molar refractivity (Wildman–Crippen MR) is 137 cm³/mol. The molecule has 2 heterocycles. The van der Waals surface area contributed by atoms with Crippen LogP contribution in [0.2, 0.25) is 0 Å². The Kier molecular flexibility index (Phi) is 5.54. The molecule has 0 saturated carbocycles. The average Bonchev–Trinajstić information content (AvgIpc) is 3.39. The molecule has 40 heavy (non-hydrogen) atoms. The summed E-state index contributed by atoms with van der Waals surface area (Å²) in [6.45, 7) is 0. The molecular weight excluding hydrogens is 520 g/mol. The lowest BCUT2D eigenvalue weighted by Crippen LogP contribution is -2.29. The maximum Gasteiger partial charge on any atom is 0.347 e. The fraction of sp³-hybridized carbons (Fsp3) is 0. The SMILES string of the molecule is O=C(c1cccc([N+](=O)[O-])c1)c1ccc2c(c1)C(=O)N(c1ccc(Oc3ccc4c(c3)C(=O)OC4=O)cc1)C2=O. The number of benzene rings is 4. The van der Waals surface area contributed by atoms with E-state index in [9.17, 15) is 34.1 Å².